The van der Waals surface area contributed by atoms with Crippen LogP contribution in [0.3, 0.4) is 0 Å². The van der Waals surface area contributed by atoms with Gasteiger partial charge in [0.05, 0.1) is 16.8 Å². The Hall–Kier alpha value is -2.86. The first-order valence-corrected chi connectivity index (χ1v) is 10.7. The predicted molar refractivity (Wildman–Crippen MR) is 114 cm³/mol. The van der Waals surface area contributed by atoms with E-state index in [1.807, 2.05) is 51.1 Å². The van der Waals surface area contributed by atoms with Gasteiger partial charge in [0.15, 0.2) is 0 Å². The normalized spacial score (nSPS) is 11.2. The molecule has 0 radical (unpaired) electrons. The smallest absolute Gasteiger partial charge is 0.262 e. The highest BCUT2D eigenvalue weighted by Gasteiger charge is 2.20. The standard InChI is InChI=1S/C22H25N3O2S/c1-16-13-17(2)22(18(3)14-16)28(26,27)25-20-9-10-21(24-15-20)23-12-11-19-7-5-4-6-8-19/h4-10,13-15,25H,11-12H2,1-3H3,(H,23,24). The second kappa shape index (κ2) is 8.44. The van der Waals surface area contributed by atoms with Gasteiger partial charge in [0.2, 0.25) is 0 Å². The lowest BCUT2D eigenvalue weighted by atomic mass is 10.1. The van der Waals surface area contributed by atoms with Crippen molar-refractivity contribution in [2.24, 2.45) is 0 Å². The number of sulfonamides is 1. The summed E-state index contributed by atoms with van der Waals surface area (Å²) in [5.74, 6) is 0.710. The van der Waals surface area contributed by atoms with Crippen molar-refractivity contribution in [3.63, 3.8) is 0 Å². The average Bonchev–Trinajstić information content (AvgIpc) is 2.62. The topological polar surface area (TPSA) is 71.1 Å². The number of pyridine rings is 1. The molecule has 2 aromatic carbocycles. The Morgan fingerprint density at radius 1 is 0.929 bits per heavy atom. The number of nitrogens with one attached hydrogen (secondary N) is 2. The molecule has 0 aliphatic carbocycles. The monoisotopic (exact) mass is 395 g/mol. The predicted octanol–water partition coefficient (Wildman–Crippen LogP) is 4.46. The molecule has 0 aliphatic heterocycles. The summed E-state index contributed by atoms with van der Waals surface area (Å²) in [6.45, 7) is 6.33. The number of benzene rings is 2. The Balaban J connectivity index is 1.65. The summed E-state index contributed by atoms with van der Waals surface area (Å²) in [6.07, 6.45) is 2.42. The van der Waals surface area contributed by atoms with Crippen LogP contribution in [0, 0.1) is 20.8 Å². The van der Waals surface area contributed by atoms with Gasteiger partial charge in [-0.1, -0.05) is 48.0 Å². The molecular formula is C22H25N3O2S. The van der Waals surface area contributed by atoms with Crippen LogP contribution in [0.4, 0.5) is 11.5 Å². The van der Waals surface area contributed by atoms with Gasteiger partial charge in [0.1, 0.15) is 5.82 Å². The van der Waals surface area contributed by atoms with Gasteiger partial charge in [-0.2, -0.15) is 0 Å². The molecule has 0 saturated carbocycles. The van der Waals surface area contributed by atoms with Crippen LogP contribution in [0.15, 0.2) is 65.7 Å². The maximum absolute atomic E-state index is 12.8. The lowest BCUT2D eigenvalue weighted by Crippen LogP contribution is -2.16. The molecule has 146 valence electrons. The molecule has 0 saturated heterocycles. The minimum absolute atomic E-state index is 0.322. The highest BCUT2D eigenvalue weighted by Crippen LogP contribution is 2.24. The number of aromatic nitrogens is 1. The van der Waals surface area contributed by atoms with E-state index in [2.05, 4.69) is 27.2 Å². The number of hydrogen-bond donors (Lipinski definition) is 2. The summed E-state index contributed by atoms with van der Waals surface area (Å²) in [5.41, 5.74) is 4.20. The van der Waals surface area contributed by atoms with E-state index in [-0.39, 0.29) is 0 Å². The van der Waals surface area contributed by atoms with E-state index in [0.29, 0.717) is 16.4 Å². The second-order valence-electron chi connectivity index (χ2n) is 6.93. The fourth-order valence-corrected chi connectivity index (χ4v) is 4.83. The molecule has 0 aliphatic rings. The van der Waals surface area contributed by atoms with E-state index in [4.69, 9.17) is 0 Å². The fraction of sp³-hybridized carbons (Fsp3) is 0.227. The minimum Gasteiger partial charge on any atom is -0.370 e. The van der Waals surface area contributed by atoms with Crippen LogP contribution in [-0.4, -0.2) is 19.9 Å². The zero-order chi connectivity index (χ0) is 20.1. The number of anilines is 2. The van der Waals surface area contributed by atoms with Crippen molar-refractivity contribution in [2.75, 3.05) is 16.6 Å². The van der Waals surface area contributed by atoms with Gasteiger partial charge in [-0.25, -0.2) is 13.4 Å². The lowest BCUT2D eigenvalue weighted by Gasteiger charge is -2.14. The van der Waals surface area contributed by atoms with Gasteiger partial charge in [-0.3, -0.25) is 4.72 Å². The van der Waals surface area contributed by atoms with E-state index in [1.165, 1.54) is 11.8 Å². The zero-order valence-corrected chi connectivity index (χ0v) is 17.2. The Bertz CT molecular complexity index is 1020. The molecule has 28 heavy (non-hydrogen) atoms. The number of aryl methyl sites for hydroxylation is 3. The van der Waals surface area contributed by atoms with E-state index in [0.717, 1.165) is 29.7 Å². The number of rotatable bonds is 7. The quantitative estimate of drug-likeness (QED) is 0.619. The molecule has 0 fully saturated rings. The van der Waals surface area contributed by atoms with E-state index < -0.39 is 10.0 Å². The highest BCUT2D eigenvalue weighted by molar-refractivity contribution is 7.92. The molecule has 6 heteroatoms. The van der Waals surface area contributed by atoms with Crippen LogP contribution in [0.2, 0.25) is 0 Å². The van der Waals surface area contributed by atoms with Gasteiger partial charge in [-0.15, -0.1) is 0 Å². The molecule has 0 spiro atoms. The van der Waals surface area contributed by atoms with Crippen molar-refractivity contribution in [1.82, 2.24) is 4.98 Å². The van der Waals surface area contributed by atoms with Crippen LogP contribution >= 0.6 is 0 Å². The van der Waals surface area contributed by atoms with Crippen LogP contribution in [0.1, 0.15) is 22.3 Å². The summed E-state index contributed by atoms with van der Waals surface area (Å²) in [4.78, 5) is 4.63. The molecule has 3 rings (SSSR count). The molecule has 1 heterocycles. The zero-order valence-electron chi connectivity index (χ0n) is 16.4. The summed E-state index contributed by atoms with van der Waals surface area (Å²) < 4.78 is 28.3. The Morgan fingerprint density at radius 3 is 2.21 bits per heavy atom. The third kappa shape index (κ3) is 4.89. The van der Waals surface area contributed by atoms with Crippen molar-refractivity contribution in [2.45, 2.75) is 32.1 Å². The lowest BCUT2D eigenvalue weighted by molar-refractivity contribution is 0.600. The van der Waals surface area contributed by atoms with Gasteiger partial charge in [0.25, 0.3) is 10.0 Å². The molecule has 0 amide bonds. The summed E-state index contributed by atoms with van der Waals surface area (Å²) in [5, 5.41) is 3.25. The van der Waals surface area contributed by atoms with Gasteiger partial charge in [0, 0.05) is 6.54 Å². The fourth-order valence-electron chi connectivity index (χ4n) is 3.34. The Labute approximate surface area is 166 Å². The second-order valence-corrected chi connectivity index (χ2v) is 8.55. The third-order valence-electron chi connectivity index (χ3n) is 4.45. The first kappa shape index (κ1) is 19.9. The first-order valence-electron chi connectivity index (χ1n) is 9.20. The average molecular weight is 396 g/mol. The Kier molecular flexibility index (Phi) is 5.99. The van der Waals surface area contributed by atoms with Crippen molar-refractivity contribution < 1.29 is 8.42 Å². The largest absolute Gasteiger partial charge is 0.370 e. The number of nitrogens with zero attached hydrogens (tertiary/aromatic N) is 1. The summed E-state index contributed by atoms with van der Waals surface area (Å²) in [7, 11) is -3.67. The molecule has 2 N–H and O–H groups in total. The maximum atomic E-state index is 12.8. The van der Waals surface area contributed by atoms with Crippen LogP contribution in [0.5, 0.6) is 0 Å². The number of hydrogen-bond acceptors (Lipinski definition) is 4. The molecule has 0 atom stereocenters. The maximum Gasteiger partial charge on any atom is 0.262 e. The van der Waals surface area contributed by atoms with Crippen LogP contribution < -0.4 is 10.0 Å². The van der Waals surface area contributed by atoms with Crippen molar-refractivity contribution in [3.8, 4) is 0 Å². The molecule has 0 unspecified atom stereocenters. The van der Waals surface area contributed by atoms with Crippen LogP contribution in [0.25, 0.3) is 0 Å². The van der Waals surface area contributed by atoms with E-state index in [1.54, 1.807) is 12.1 Å². The highest BCUT2D eigenvalue weighted by atomic mass is 32.2. The molecule has 5 nitrogen and oxygen atoms in total. The van der Waals surface area contributed by atoms with Crippen molar-refractivity contribution in [3.05, 3.63) is 83.0 Å². The third-order valence-corrected chi connectivity index (χ3v) is 6.14. The minimum atomic E-state index is -3.67. The van der Waals surface area contributed by atoms with Gasteiger partial charge in [-0.05, 0) is 56.0 Å². The van der Waals surface area contributed by atoms with Crippen LogP contribution in [-0.2, 0) is 16.4 Å². The van der Waals surface area contributed by atoms with Gasteiger partial charge < -0.3 is 5.32 Å². The van der Waals surface area contributed by atoms with E-state index in [9.17, 15) is 8.42 Å². The Morgan fingerprint density at radius 2 is 1.61 bits per heavy atom. The molecule has 0 bridgehead atoms. The summed E-state index contributed by atoms with van der Waals surface area (Å²) in [6, 6.07) is 17.4. The van der Waals surface area contributed by atoms with Crippen molar-refractivity contribution >= 4 is 21.5 Å². The first-order chi connectivity index (χ1) is 13.3. The van der Waals surface area contributed by atoms with Crippen molar-refractivity contribution in [1.29, 1.82) is 0 Å². The van der Waals surface area contributed by atoms with E-state index >= 15 is 0 Å². The molecule has 3 aromatic rings. The molecular weight excluding hydrogens is 370 g/mol. The van der Waals surface area contributed by atoms with Gasteiger partial charge >= 0.3 is 0 Å². The molecule has 1 aromatic heterocycles. The SMILES string of the molecule is Cc1cc(C)c(S(=O)(=O)Nc2ccc(NCCc3ccccc3)nc2)c(C)c1. The summed E-state index contributed by atoms with van der Waals surface area (Å²) >= 11 is 0.